The van der Waals surface area contributed by atoms with Crippen molar-refractivity contribution in [3.05, 3.63) is 283 Å². The lowest BCUT2D eigenvalue weighted by molar-refractivity contribution is 0.801. The molecule has 3 nitrogen and oxygen atoms in total. The lowest BCUT2D eigenvalue weighted by Crippen LogP contribution is -2.26. The number of nitrogens with zero attached hydrogens (tertiary/aromatic N) is 3. The summed E-state index contributed by atoms with van der Waals surface area (Å²) < 4.78 is 2.42. The molecule has 2 aliphatic carbocycles. The zero-order chi connectivity index (χ0) is 44.8. The second-order valence-corrected chi connectivity index (χ2v) is 18.0. The summed E-state index contributed by atoms with van der Waals surface area (Å²) in [5.41, 5.74) is 19.8. The summed E-state index contributed by atoms with van der Waals surface area (Å²) in [4.78, 5) is 4.95. The fraction of sp³-hybridized carbons (Fsp3) is 0.0154. The maximum Gasteiger partial charge on any atom is 0.0733 e. The van der Waals surface area contributed by atoms with Crippen LogP contribution in [0.5, 0.6) is 0 Å². The molecule has 12 aromatic rings. The van der Waals surface area contributed by atoms with Crippen molar-refractivity contribution in [3.8, 4) is 27.9 Å². The van der Waals surface area contributed by atoms with E-state index in [1.165, 1.54) is 71.6 Å². The first kappa shape index (κ1) is 38.4. The highest BCUT2D eigenvalue weighted by molar-refractivity contribution is 6.13. The molecule has 0 fully saturated rings. The van der Waals surface area contributed by atoms with E-state index in [2.05, 4.69) is 275 Å². The first-order valence-electron chi connectivity index (χ1n) is 23.5. The Morgan fingerprint density at radius 3 is 1.47 bits per heavy atom. The molecule has 1 heterocycles. The van der Waals surface area contributed by atoms with Gasteiger partial charge >= 0.3 is 0 Å². The van der Waals surface area contributed by atoms with Crippen LogP contribution in [0.4, 0.5) is 34.1 Å². The van der Waals surface area contributed by atoms with Crippen molar-refractivity contribution in [2.75, 3.05) is 9.80 Å². The van der Waals surface area contributed by atoms with Crippen molar-refractivity contribution in [2.24, 2.45) is 0 Å². The Morgan fingerprint density at radius 2 is 0.809 bits per heavy atom. The molecular formula is C65H43N3. The molecule has 1 unspecified atom stereocenters. The lowest BCUT2D eigenvalue weighted by Gasteiger charge is -2.34. The Bertz CT molecular complexity index is 3870. The van der Waals surface area contributed by atoms with Crippen LogP contribution in [0.1, 0.15) is 22.3 Å². The van der Waals surface area contributed by atoms with Crippen molar-refractivity contribution < 1.29 is 0 Å². The average molecular weight is 866 g/mol. The van der Waals surface area contributed by atoms with Gasteiger partial charge in [0.05, 0.1) is 27.8 Å². The summed E-state index contributed by atoms with van der Waals surface area (Å²) in [6.45, 7) is 0. The molecule has 0 saturated heterocycles. The van der Waals surface area contributed by atoms with Gasteiger partial charge < -0.3 is 14.4 Å². The highest BCUT2D eigenvalue weighted by Crippen LogP contribution is 2.67. The molecule has 0 radical (unpaired) electrons. The zero-order valence-corrected chi connectivity index (χ0v) is 37.2. The van der Waals surface area contributed by atoms with Crippen LogP contribution in [0.3, 0.4) is 0 Å². The molecule has 0 bridgehead atoms. The van der Waals surface area contributed by atoms with Crippen LogP contribution in [-0.4, -0.2) is 4.57 Å². The fourth-order valence-electron chi connectivity index (χ4n) is 11.9. The predicted octanol–water partition coefficient (Wildman–Crippen LogP) is 17.2. The van der Waals surface area contributed by atoms with E-state index in [-0.39, 0.29) is 0 Å². The van der Waals surface area contributed by atoms with Crippen LogP contribution in [0.2, 0.25) is 0 Å². The molecule has 1 aromatic heterocycles. The monoisotopic (exact) mass is 865 g/mol. The summed E-state index contributed by atoms with van der Waals surface area (Å²) in [5, 5.41) is 4.92. The maximum atomic E-state index is 2.51. The minimum atomic E-state index is -0.630. The normalized spacial score (nSPS) is 14.2. The van der Waals surface area contributed by atoms with Gasteiger partial charge in [-0.25, -0.2) is 0 Å². The molecule has 11 aromatic carbocycles. The number of para-hydroxylation sites is 5. The molecule has 0 saturated carbocycles. The van der Waals surface area contributed by atoms with E-state index >= 15 is 0 Å². The van der Waals surface area contributed by atoms with Gasteiger partial charge in [-0.15, -0.1) is 0 Å². The van der Waals surface area contributed by atoms with Gasteiger partial charge in [-0.2, -0.15) is 0 Å². The topological polar surface area (TPSA) is 11.4 Å². The van der Waals surface area contributed by atoms with E-state index in [0.717, 1.165) is 45.3 Å². The van der Waals surface area contributed by atoms with Crippen molar-refractivity contribution >= 4 is 66.7 Å². The summed E-state index contributed by atoms with van der Waals surface area (Å²) in [6.07, 6.45) is 0. The Labute approximate surface area is 395 Å². The number of benzene rings is 11. The molecule has 14 rings (SSSR count). The SMILES string of the molecule is c1ccc(N(c2ccccc2)c2cccc3c2-c2ccccc2C32c3ccccc3-c3c(N(c4ccccc4)c4ccc5c6ccccc6n(-c6ccccc6)c5c4)cc4ccccc4c32)cc1. The Balaban J connectivity index is 1.10. The molecule has 0 amide bonds. The highest BCUT2D eigenvalue weighted by Gasteiger charge is 2.54. The van der Waals surface area contributed by atoms with Gasteiger partial charge in [0.25, 0.3) is 0 Å². The number of rotatable bonds is 7. The van der Waals surface area contributed by atoms with Crippen molar-refractivity contribution in [1.29, 1.82) is 0 Å². The summed E-state index contributed by atoms with van der Waals surface area (Å²) >= 11 is 0. The number of fused-ring (bicyclic) bond motifs is 15. The van der Waals surface area contributed by atoms with E-state index < -0.39 is 5.41 Å². The smallest absolute Gasteiger partial charge is 0.0733 e. The second kappa shape index (κ2) is 15.1. The molecule has 0 N–H and O–H groups in total. The fourth-order valence-corrected chi connectivity index (χ4v) is 11.9. The van der Waals surface area contributed by atoms with Gasteiger partial charge in [0.2, 0.25) is 0 Å². The summed E-state index contributed by atoms with van der Waals surface area (Å²) in [7, 11) is 0. The summed E-state index contributed by atoms with van der Waals surface area (Å²) in [5.74, 6) is 0. The average Bonchev–Trinajstić information content (AvgIpc) is 4.02. The minimum absolute atomic E-state index is 0.630. The Hall–Kier alpha value is -8.92. The number of aromatic nitrogens is 1. The first-order valence-corrected chi connectivity index (χ1v) is 23.5. The standard InChI is InChI=1S/C65H43N3/c1-5-23-45(24-6-1)66(46-25-7-2-8-26-46)59-39-21-37-57-62(59)53-33-15-18-35-55(53)65(57)56-36-19-16-34-54(56)63-61(42-44-22-13-14-31-50(44)64(63)65)67(47-27-9-3-10-28-47)49-40-41-52-51-32-17-20-38-58(51)68(60(52)43-49)48-29-11-4-12-30-48/h1-43H. The van der Waals surface area contributed by atoms with Crippen molar-refractivity contribution in [2.45, 2.75) is 5.41 Å². The molecule has 318 valence electrons. The van der Waals surface area contributed by atoms with Crippen LogP contribution in [-0.2, 0) is 5.41 Å². The second-order valence-electron chi connectivity index (χ2n) is 18.0. The van der Waals surface area contributed by atoms with Crippen LogP contribution in [0.25, 0.3) is 60.5 Å². The first-order chi connectivity index (χ1) is 33.8. The van der Waals surface area contributed by atoms with E-state index in [1.807, 2.05) is 0 Å². The quantitative estimate of drug-likeness (QED) is 0.158. The molecular weight excluding hydrogens is 823 g/mol. The van der Waals surface area contributed by atoms with E-state index in [1.54, 1.807) is 0 Å². The predicted molar refractivity (Wildman–Crippen MR) is 284 cm³/mol. The third kappa shape index (κ3) is 5.41. The van der Waals surface area contributed by atoms with Gasteiger partial charge in [-0.3, -0.25) is 0 Å². The molecule has 1 atom stereocenters. The van der Waals surface area contributed by atoms with Gasteiger partial charge in [0, 0.05) is 50.3 Å². The van der Waals surface area contributed by atoms with Crippen molar-refractivity contribution in [3.63, 3.8) is 0 Å². The van der Waals surface area contributed by atoms with Crippen LogP contribution in [0.15, 0.2) is 261 Å². The van der Waals surface area contributed by atoms with Gasteiger partial charge in [0.15, 0.2) is 0 Å². The van der Waals surface area contributed by atoms with Crippen LogP contribution >= 0.6 is 0 Å². The van der Waals surface area contributed by atoms with Crippen LogP contribution < -0.4 is 9.80 Å². The zero-order valence-electron chi connectivity index (χ0n) is 37.2. The number of hydrogen-bond acceptors (Lipinski definition) is 2. The number of hydrogen-bond donors (Lipinski definition) is 0. The molecule has 1 spiro atoms. The van der Waals surface area contributed by atoms with E-state index in [9.17, 15) is 0 Å². The number of anilines is 6. The Kier molecular flexibility index (Phi) is 8.50. The highest BCUT2D eigenvalue weighted by atomic mass is 15.2. The Morgan fingerprint density at radius 1 is 0.309 bits per heavy atom. The van der Waals surface area contributed by atoms with Crippen molar-refractivity contribution in [1.82, 2.24) is 4.57 Å². The minimum Gasteiger partial charge on any atom is -0.310 e. The third-order valence-corrected chi connectivity index (χ3v) is 14.5. The third-order valence-electron chi connectivity index (χ3n) is 14.5. The molecule has 68 heavy (non-hydrogen) atoms. The molecule has 0 aliphatic heterocycles. The largest absolute Gasteiger partial charge is 0.310 e. The maximum absolute atomic E-state index is 2.51. The summed E-state index contributed by atoms with van der Waals surface area (Å²) in [6, 6.07) is 96.1. The van der Waals surface area contributed by atoms with E-state index in [4.69, 9.17) is 0 Å². The lowest BCUT2D eigenvalue weighted by atomic mass is 9.69. The van der Waals surface area contributed by atoms with Gasteiger partial charge in [0.1, 0.15) is 0 Å². The molecule has 2 aliphatic rings. The van der Waals surface area contributed by atoms with Gasteiger partial charge in [-0.1, -0.05) is 182 Å². The molecule has 3 heteroatoms. The van der Waals surface area contributed by atoms with E-state index in [0.29, 0.717) is 0 Å². The van der Waals surface area contributed by atoms with Crippen LogP contribution in [0, 0.1) is 0 Å². The van der Waals surface area contributed by atoms with Gasteiger partial charge in [-0.05, 0) is 123 Å².